The molecule has 0 fully saturated rings. The van der Waals surface area contributed by atoms with Gasteiger partial charge >= 0.3 is 0 Å². The molecule has 0 radical (unpaired) electrons. The van der Waals surface area contributed by atoms with Gasteiger partial charge in [0.1, 0.15) is 6.61 Å². The number of hydrogen-bond donors (Lipinski definition) is 2. The highest BCUT2D eigenvalue weighted by Crippen LogP contribution is 2.25. The molecule has 0 amide bonds. The van der Waals surface area contributed by atoms with Gasteiger partial charge in [0.15, 0.2) is 18.9 Å². The Kier molecular flexibility index (Phi) is 15.4. The van der Waals surface area contributed by atoms with Gasteiger partial charge in [0.05, 0.1) is 6.61 Å². The van der Waals surface area contributed by atoms with E-state index in [1.807, 2.05) is 38.5 Å². The Morgan fingerprint density at radius 1 is 0.717 bits per heavy atom. The minimum atomic E-state index is 0.150. The van der Waals surface area contributed by atoms with Crippen molar-refractivity contribution in [2.45, 2.75) is 20.4 Å². The van der Waals surface area contributed by atoms with Gasteiger partial charge < -0.3 is 24.9 Å². The second-order valence-electron chi connectivity index (χ2n) is 11.0. The number of aliphatic hydroxyl groups excluding tert-OH is 2. The zero-order valence-corrected chi connectivity index (χ0v) is 28.9. The van der Waals surface area contributed by atoms with Crippen molar-refractivity contribution in [1.29, 1.82) is 0 Å². The first-order valence-corrected chi connectivity index (χ1v) is 18.7. The van der Waals surface area contributed by atoms with E-state index in [1.165, 1.54) is 28.1 Å². The summed E-state index contributed by atoms with van der Waals surface area (Å²) in [5.74, 6) is 2.17. The van der Waals surface area contributed by atoms with Gasteiger partial charge in [-0.15, -0.1) is 0 Å². The maximum absolute atomic E-state index is 9.09. The van der Waals surface area contributed by atoms with Gasteiger partial charge in [0.25, 0.3) is 0 Å². The maximum Gasteiger partial charge on any atom is 0.171 e. The molecule has 0 bridgehead atoms. The van der Waals surface area contributed by atoms with E-state index in [0.717, 1.165) is 49.8 Å². The number of anilines is 2. The van der Waals surface area contributed by atoms with Crippen LogP contribution in [-0.2, 0) is 6.54 Å². The summed E-state index contributed by atoms with van der Waals surface area (Å²) < 4.78 is 1.98. The average Bonchev–Trinajstić information content (AvgIpc) is 3.10. The van der Waals surface area contributed by atoms with E-state index in [2.05, 4.69) is 132 Å². The third-order valence-electron chi connectivity index (χ3n) is 7.89. The van der Waals surface area contributed by atoms with Crippen LogP contribution in [0.25, 0.3) is 18.2 Å². The number of β-amino-alcohol motifs (C(OH)–C–C–N with tert-alkyl or cyclic N) is 1. The lowest BCUT2D eigenvalue weighted by Gasteiger charge is -2.24. The summed E-state index contributed by atoms with van der Waals surface area (Å²) in [4.78, 5) is 6.99. The summed E-state index contributed by atoms with van der Waals surface area (Å²) in [6, 6.07) is 21.8. The normalized spacial score (nSPS) is 13.1. The average molecular weight is 658 g/mol. The van der Waals surface area contributed by atoms with E-state index in [0.29, 0.717) is 13.1 Å². The van der Waals surface area contributed by atoms with E-state index in [4.69, 9.17) is 10.2 Å². The molecule has 0 unspecified atom stereocenters. The van der Waals surface area contributed by atoms with Crippen molar-refractivity contribution in [3.05, 3.63) is 120 Å². The summed E-state index contributed by atoms with van der Waals surface area (Å²) in [5, 5.41) is 18.2. The topological polar surface area (TPSA) is 54.1 Å². The molecule has 3 aromatic rings. The summed E-state index contributed by atoms with van der Waals surface area (Å²) in [6.45, 7) is 11.0. The molecular formula is C38H49N4O2S2+. The molecule has 244 valence electrons. The molecule has 1 aliphatic rings. The Bertz CT molecular complexity index is 1420. The summed E-state index contributed by atoms with van der Waals surface area (Å²) >= 11 is 0. The predicted octanol–water partition coefficient (Wildman–Crippen LogP) is 6.63. The van der Waals surface area contributed by atoms with E-state index < -0.39 is 0 Å². The second kappa shape index (κ2) is 19.9. The van der Waals surface area contributed by atoms with Crippen molar-refractivity contribution in [3.63, 3.8) is 0 Å². The molecular weight excluding hydrogens is 609 g/mol. The van der Waals surface area contributed by atoms with Crippen LogP contribution in [0, 0.1) is 0 Å². The Labute approximate surface area is 283 Å². The van der Waals surface area contributed by atoms with Crippen molar-refractivity contribution in [1.82, 2.24) is 4.90 Å². The van der Waals surface area contributed by atoms with Gasteiger partial charge in [-0.05, 0) is 66.5 Å². The Morgan fingerprint density at radius 2 is 1.24 bits per heavy atom. The first-order chi connectivity index (χ1) is 22.6. The molecule has 0 atom stereocenters. The molecule has 2 heterocycles. The Balaban J connectivity index is 1.15. The van der Waals surface area contributed by atoms with Crippen LogP contribution in [0.3, 0.4) is 0 Å². The van der Waals surface area contributed by atoms with Crippen LogP contribution in [-0.4, -0.2) is 79.1 Å². The molecule has 2 N–H and O–H groups in total. The van der Waals surface area contributed by atoms with Crippen LogP contribution in [0.15, 0.2) is 103 Å². The van der Waals surface area contributed by atoms with Crippen molar-refractivity contribution in [2.75, 3.05) is 73.8 Å². The number of benzene rings is 2. The van der Waals surface area contributed by atoms with E-state index in [9.17, 15) is 0 Å². The van der Waals surface area contributed by atoms with Crippen LogP contribution in [0.2, 0.25) is 0 Å². The Morgan fingerprint density at radius 3 is 1.70 bits per heavy atom. The first-order valence-electron chi connectivity index (χ1n) is 16.3. The molecule has 8 heteroatoms. The summed E-state index contributed by atoms with van der Waals surface area (Å²) in [5.41, 5.74) is 7.26. The Hall–Kier alpha value is -3.43. The van der Waals surface area contributed by atoms with Gasteiger partial charge in [0.2, 0.25) is 0 Å². The lowest BCUT2D eigenvalue weighted by molar-refractivity contribution is -0.698. The number of aromatic nitrogens is 1. The molecule has 6 nitrogen and oxygen atoms in total. The van der Waals surface area contributed by atoms with Crippen LogP contribution >= 0.6 is 21.6 Å². The quantitative estimate of drug-likeness (QED) is 0.0853. The van der Waals surface area contributed by atoms with Crippen molar-refractivity contribution in [2.24, 2.45) is 0 Å². The van der Waals surface area contributed by atoms with E-state index in [-0.39, 0.29) is 13.2 Å². The lowest BCUT2D eigenvalue weighted by atomic mass is 10.1. The highest BCUT2D eigenvalue weighted by Gasteiger charge is 2.07. The zero-order valence-electron chi connectivity index (χ0n) is 27.2. The molecule has 46 heavy (non-hydrogen) atoms. The molecule has 0 saturated heterocycles. The fourth-order valence-electron chi connectivity index (χ4n) is 5.14. The highest BCUT2D eigenvalue weighted by molar-refractivity contribution is 8.76. The SMILES string of the molecule is CCN(CCSSCCN(CC)c1ccc(/C=C/c2cc[n+](CCO)cc2)cc1)c1ccc(/C=C/C2=CCN(CCO)C=C2)cc1. The lowest BCUT2D eigenvalue weighted by Crippen LogP contribution is -2.34. The number of nitrogens with zero attached hydrogens (tertiary/aromatic N) is 4. The number of allylic oxidation sites excluding steroid dienone is 3. The number of aliphatic hydroxyl groups is 2. The highest BCUT2D eigenvalue weighted by atomic mass is 33.1. The molecule has 0 spiro atoms. The largest absolute Gasteiger partial charge is 0.395 e. The number of rotatable bonds is 19. The summed E-state index contributed by atoms with van der Waals surface area (Å²) in [7, 11) is 3.93. The van der Waals surface area contributed by atoms with Crippen LogP contribution in [0.1, 0.15) is 30.5 Å². The van der Waals surface area contributed by atoms with Crippen molar-refractivity contribution < 1.29 is 14.8 Å². The molecule has 4 rings (SSSR count). The maximum atomic E-state index is 9.09. The van der Waals surface area contributed by atoms with Crippen LogP contribution in [0.4, 0.5) is 11.4 Å². The smallest absolute Gasteiger partial charge is 0.171 e. The van der Waals surface area contributed by atoms with E-state index in [1.54, 1.807) is 0 Å². The monoisotopic (exact) mass is 657 g/mol. The fraction of sp³-hybridized carbons (Fsp3) is 0.342. The third kappa shape index (κ3) is 11.7. The van der Waals surface area contributed by atoms with Gasteiger partial charge in [-0.25, -0.2) is 4.57 Å². The molecule has 1 aromatic heterocycles. The van der Waals surface area contributed by atoms with Gasteiger partial charge in [-0.1, -0.05) is 76.2 Å². The molecule has 0 saturated carbocycles. The standard InChI is InChI=1S/C38H49N4O2S2/c1-3-41(37-13-9-33(10-14-37)5-7-35-17-21-39(22-18-35)25-29-43)27-31-45-46-32-28-42(4-2)38-15-11-34(12-16-38)6-8-36-19-23-40(24-20-36)26-30-44/h5-23,43-44H,3-4,24-32H2,1-2H3/q+1/b8-6+. The number of hydrogen-bond acceptors (Lipinski definition) is 7. The van der Waals surface area contributed by atoms with Crippen molar-refractivity contribution >= 4 is 51.2 Å². The van der Waals surface area contributed by atoms with Gasteiger partial charge in [-0.3, -0.25) is 0 Å². The fourth-order valence-corrected chi connectivity index (χ4v) is 7.12. The van der Waals surface area contributed by atoms with E-state index >= 15 is 0 Å². The van der Waals surface area contributed by atoms with Crippen LogP contribution in [0.5, 0.6) is 0 Å². The summed E-state index contributed by atoms with van der Waals surface area (Å²) in [6.07, 6.45) is 18.9. The molecule has 2 aromatic carbocycles. The molecule has 0 aliphatic carbocycles. The predicted molar refractivity (Wildman–Crippen MR) is 201 cm³/mol. The minimum absolute atomic E-state index is 0.150. The third-order valence-corrected chi connectivity index (χ3v) is 10.3. The van der Waals surface area contributed by atoms with Gasteiger partial charge in [-0.2, -0.15) is 0 Å². The van der Waals surface area contributed by atoms with Crippen molar-refractivity contribution in [3.8, 4) is 0 Å². The zero-order chi connectivity index (χ0) is 32.4. The van der Waals surface area contributed by atoms with Crippen LogP contribution < -0.4 is 14.4 Å². The second-order valence-corrected chi connectivity index (χ2v) is 13.7. The molecule has 1 aliphatic heterocycles. The minimum Gasteiger partial charge on any atom is -0.395 e. The number of pyridine rings is 1. The van der Waals surface area contributed by atoms with Gasteiger partial charge in [0, 0.05) is 80.5 Å². The first kappa shape index (κ1) is 35.4.